The molecule has 0 saturated carbocycles. The maximum atomic E-state index is 10.7. The number of sulfonamides is 1. The van der Waals surface area contributed by atoms with Crippen molar-refractivity contribution in [3.05, 3.63) is 24.3 Å². The largest absolute Gasteiger partial charge is 0.508 e. The molecule has 0 bridgehead atoms. The smallest absolute Gasteiger partial charge is 0.229 e. The quantitative estimate of drug-likeness (QED) is 0.718. The van der Waals surface area contributed by atoms with E-state index in [2.05, 4.69) is 4.72 Å². The Kier molecular flexibility index (Phi) is 2.23. The van der Waals surface area contributed by atoms with Crippen LogP contribution < -0.4 is 4.72 Å². The Labute approximate surface area is 70.9 Å². The highest BCUT2D eigenvalue weighted by atomic mass is 32.2. The van der Waals surface area contributed by atoms with E-state index in [0.717, 1.165) is 6.26 Å². The molecule has 12 heavy (non-hydrogen) atoms. The molecule has 0 aliphatic carbocycles. The Hall–Kier alpha value is -1.23. The predicted molar refractivity (Wildman–Crippen MR) is 46.6 cm³/mol. The molecule has 1 rings (SSSR count). The second-order valence-corrected chi connectivity index (χ2v) is 4.17. The first kappa shape index (κ1) is 8.86. The Bertz CT molecular complexity index is 372. The fourth-order valence-electron chi connectivity index (χ4n) is 0.783. The van der Waals surface area contributed by atoms with E-state index in [1.807, 2.05) is 0 Å². The van der Waals surface area contributed by atoms with Crippen LogP contribution in [0.4, 0.5) is 5.69 Å². The number of hydrogen-bond acceptors (Lipinski definition) is 3. The van der Waals surface area contributed by atoms with Gasteiger partial charge in [-0.15, -0.1) is 0 Å². The number of benzene rings is 1. The minimum atomic E-state index is -3.26. The molecular formula is C7H9NO3S. The standard InChI is InChI=1S/C7H9NO3S/c1-12(10,11)8-6-3-2-4-7(9)5-6/h2-5,8-9H,1H3. The lowest BCUT2D eigenvalue weighted by Gasteiger charge is -2.02. The second-order valence-electron chi connectivity index (χ2n) is 2.42. The topological polar surface area (TPSA) is 66.4 Å². The van der Waals surface area contributed by atoms with E-state index in [4.69, 9.17) is 5.11 Å². The van der Waals surface area contributed by atoms with Crippen LogP contribution in [-0.4, -0.2) is 19.8 Å². The van der Waals surface area contributed by atoms with Gasteiger partial charge in [-0.3, -0.25) is 4.72 Å². The minimum absolute atomic E-state index is 0.0312. The van der Waals surface area contributed by atoms with E-state index in [9.17, 15) is 8.42 Å². The van der Waals surface area contributed by atoms with Gasteiger partial charge in [-0.2, -0.15) is 0 Å². The van der Waals surface area contributed by atoms with Gasteiger partial charge in [-0.05, 0) is 12.1 Å². The van der Waals surface area contributed by atoms with Gasteiger partial charge in [0.1, 0.15) is 5.75 Å². The summed E-state index contributed by atoms with van der Waals surface area (Å²) in [6.07, 6.45) is 1.05. The normalized spacial score (nSPS) is 11.1. The van der Waals surface area contributed by atoms with Crippen molar-refractivity contribution in [1.82, 2.24) is 0 Å². The number of phenolic OH excluding ortho intramolecular Hbond substituents is 1. The summed E-state index contributed by atoms with van der Waals surface area (Å²) in [5.41, 5.74) is 0.359. The molecule has 0 radical (unpaired) electrons. The Morgan fingerprint density at radius 2 is 2.08 bits per heavy atom. The first-order chi connectivity index (χ1) is 5.47. The van der Waals surface area contributed by atoms with Crippen molar-refractivity contribution in [2.45, 2.75) is 0 Å². The molecular weight excluding hydrogens is 178 g/mol. The summed E-state index contributed by atoms with van der Waals surface area (Å²) in [7, 11) is -3.26. The van der Waals surface area contributed by atoms with Gasteiger partial charge in [-0.1, -0.05) is 6.07 Å². The number of anilines is 1. The van der Waals surface area contributed by atoms with Crippen molar-refractivity contribution < 1.29 is 13.5 Å². The SMILES string of the molecule is CS(=O)(=O)Nc1cccc(O)c1. The molecule has 1 aromatic carbocycles. The van der Waals surface area contributed by atoms with Gasteiger partial charge in [-0.25, -0.2) is 8.42 Å². The number of aromatic hydroxyl groups is 1. The first-order valence-electron chi connectivity index (χ1n) is 3.24. The highest BCUT2D eigenvalue weighted by molar-refractivity contribution is 7.92. The molecule has 0 aromatic heterocycles. The average Bonchev–Trinajstić information content (AvgIpc) is 1.82. The van der Waals surface area contributed by atoms with Crippen LogP contribution in [0.1, 0.15) is 0 Å². The summed E-state index contributed by atoms with van der Waals surface area (Å²) in [6, 6.07) is 5.91. The van der Waals surface area contributed by atoms with E-state index < -0.39 is 10.0 Å². The summed E-state index contributed by atoms with van der Waals surface area (Å²) in [5.74, 6) is 0.0312. The van der Waals surface area contributed by atoms with Gasteiger partial charge >= 0.3 is 0 Å². The predicted octanol–water partition coefficient (Wildman–Crippen LogP) is 0.764. The minimum Gasteiger partial charge on any atom is -0.508 e. The average molecular weight is 187 g/mol. The maximum Gasteiger partial charge on any atom is 0.229 e. The van der Waals surface area contributed by atoms with Crippen molar-refractivity contribution in [3.63, 3.8) is 0 Å². The lowest BCUT2D eigenvalue weighted by molar-refractivity contribution is 0.475. The highest BCUT2D eigenvalue weighted by Gasteiger charge is 2.00. The first-order valence-corrected chi connectivity index (χ1v) is 5.13. The van der Waals surface area contributed by atoms with Crippen molar-refractivity contribution in [1.29, 1.82) is 0 Å². The summed E-state index contributed by atoms with van der Waals surface area (Å²) < 4.78 is 23.7. The molecule has 0 fully saturated rings. The number of hydrogen-bond donors (Lipinski definition) is 2. The Morgan fingerprint density at radius 3 is 2.58 bits per heavy atom. The van der Waals surface area contributed by atoms with Crippen molar-refractivity contribution >= 4 is 15.7 Å². The van der Waals surface area contributed by atoms with Gasteiger partial charge in [0.25, 0.3) is 0 Å². The van der Waals surface area contributed by atoms with Crippen LogP contribution in [-0.2, 0) is 10.0 Å². The van der Waals surface area contributed by atoms with Crippen LogP contribution in [0, 0.1) is 0 Å². The molecule has 66 valence electrons. The van der Waals surface area contributed by atoms with Crippen LogP contribution in [0.5, 0.6) is 5.75 Å². The third kappa shape index (κ3) is 2.79. The number of nitrogens with one attached hydrogen (secondary N) is 1. The fourth-order valence-corrected chi connectivity index (χ4v) is 1.34. The molecule has 5 heteroatoms. The van der Waals surface area contributed by atoms with Crippen molar-refractivity contribution in [2.24, 2.45) is 0 Å². The zero-order valence-corrected chi connectivity index (χ0v) is 7.30. The summed E-state index contributed by atoms with van der Waals surface area (Å²) in [6.45, 7) is 0. The van der Waals surface area contributed by atoms with Crippen LogP contribution in [0.15, 0.2) is 24.3 Å². The maximum absolute atomic E-state index is 10.7. The Morgan fingerprint density at radius 1 is 1.42 bits per heavy atom. The highest BCUT2D eigenvalue weighted by Crippen LogP contribution is 2.15. The monoisotopic (exact) mass is 187 g/mol. The zero-order chi connectivity index (χ0) is 9.19. The number of phenols is 1. The molecule has 0 saturated heterocycles. The summed E-state index contributed by atoms with van der Waals surface area (Å²) >= 11 is 0. The molecule has 4 nitrogen and oxygen atoms in total. The summed E-state index contributed by atoms with van der Waals surface area (Å²) in [4.78, 5) is 0. The molecule has 1 aromatic rings. The van der Waals surface area contributed by atoms with Gasteiger partial charge in [0.2, 0.25) is 10.0 Å². The molecule has 0 unspecified atom stereocenters. The lowest BCUT2D eigenvalue weighted by Crippen LogP contribution is -2.09. The van der Waals surface area contributed by atoms with Gasteiger partial charge in [0.05, 0.1) is 11.9 Å². The third-order valence-electron chi connectivity index (χ3n) is 1.15. The van der Waals surface area contributed by atoms with E-state index in [1.54, 1.807) is 12.1 Å². The third-order valence-corrected chi connectivity index (χ3v) is 1.76. The second kappa shape index (κ2) is 3.02. The fraction of sp³-hybridized carbons (Fsp3) is 0.143. The van der Waals surface area contributed by atoms with Crippen molar-refractivity contribution in [2.75, 3.05) is 11.0 Å². The van der Waals surface area contributed by atoms with Crippen LogP contribution >= 0.6 is 0 Å². The van der Waals surface area contributed by atoms with E-state index in [0.29, 0.717) is 5.69 Å². The molecule has 0 aliphatic rings. The molecule has 0 heterocycles. The van der Waals surface area contributed by atoms with E-state index >= 15 is 0 Å². The van der Waals surface area contributed by atoms with E-state index in [-0.39, 0.29) is 5.75 Å². The van der Waals surface area contributed by atoms with Crippen LogP contribution in [0.3, 0.4) is 0 Å². The van der Waals surface area contributed by atoms with Crippen molar-refractivity contribution in [3.8, 4) is 5.75 Å². The molecule has 0 atom stereocenters. The van der Waals surface area contributed by atoms with E-state index in [1.165, 1.54) is 12.1 Å². The number of rotatable bonds is 2. The summed E-state index contributed by atoms with van der Waals surface area (Å²) in [5, 5.41) is 8.98. The molecule has 0 aliphatic heterocycles. The van der Waals surface area contributed by atoms with Crippen LogP contribution in [0.25, 0.3) is 0 Å². The van der Waals surface area contributed by atoms with Gasteiger partial charge in [0.15, 0.2) is 0 Å². The zero-order valence-electron chi connectivity index (χ0n) is 6.48. The molecule has 0 amide bonds. The van der Waals surface area contributed by atoms with Crippen LogP contribution in [0.2, 0.25) is 0 Å². The van der Waals surface area contributed by atoms with Gasteiger partial charge < -0.3 is 5.11 Å². The Balaban J connectivity index is 2.91. The van der Waals surface area contributed by atoms with Gasteiger partial charge in [0, 0.05) is 6.07 Å². The lowest BCUT2D eigenvalue weighted by atomic mass is 10.3. The molecule has 0 spiro atoms. The molecule has 2 N–H and O–H groups in total.